The highest BCUT2D eigenvalue weighted by atomic mass is 19.1. The number of aryl methyl sites for hydroxylation is 1. The van der Waals surface area contributed by atoms with E-state index in [0.717, 1.165) is 12.0 Å². The summed E-state index contributed by atoms with van der Waals surface area (Å²) in [6.45, 7) is 3.42. The number of guanidine groups is 1. The van der Waals surface area contributed by atoms with E-state index in [1.807, 2.05) is 31.2 Å². The molecule has 1 saturated heterocycles. The minimum absolute atomic E-state index is 0.0155. The molecule has 2 aromatic rings. The Labute approximate surface area is 229 Å². The molecular formula is C29H40FN5O4. The number of benzene rings is 2. The lowest BCUT2D eigenvalue weighted by atomic mass is 9.72. The number of piperidine rings is 1. The molecule has 2 aromatic carbocycles. The Balaban J connectivity index is 1.94. The fraction of sp³-hybridized carbons (Fsp3) is 0.483. The molecule has 1 fully saturated rings. The van der Waals surface area contributed by atoms with Gasteiger partial charge < -0.3 is 31.9 Å². The number of nitrogens with two attached hydrogens (primary N) is 2. The maximum atomic E-state index is 15.5. The number of halogens is 1. The number of hydrogen-bond donors (Lipinski definition) is 5. The van der Waals surface area contributed by atoms with E-state index in [9.17, 15) is 14.7 Å². The van der Waals surface area contributed by atoms with Crippen molar-refractivity contribution < 1.29 is 24.2 Å². The van der Waals surface area contributed by atoms with Crippen LogP contribution >= 0.6 is 0 Å². The van der Waals surface area contributed by atoms with E-state index < -0.39 is 17.5 Å². The Hall–Kier alpha value is -3.66. The molecule has 1 heterocycles. The number of nitrogens with zero attached hydrogens (tertiary/aromatic N) is 2. The van der Waals surface area contributed by atoms with Crippen LogP contribution in [0.15, 0.2) is 47.5 Å². The van der Waals surface area contributed by atoms with E-state index in [-0.39, 0.29) is 37.2 Å². The topological polar surface area (TPSA) is 154 Å². The van der Waals surface area contributed by atoms with E-state index in [2.05, 4.69) is 10.3 Å². The van der Waals surface area contributed by atoms with Crippen molar-refractivity contribution in [3.63, 3.8) is 0 Å². The third-order valence-electron chi connectivity index (χ3n) is 7.41. The van der Waals surface area contributed by atoms with Crippen molar-refractivity contribution in [3.05, 3.63) is 59.4 Å². The maximum Gasteiger partial charge on any atom is 0.404 e. The summed E-state index contributed by atoms with van der Waals surface area (Å²) in [7, 11) is 0. The minimum atomic E-state index is -1.49. The first-order chi connectivity index (χ1) is 18.7. The number of carbonyl (C=O) groups is 2. The van der Waals surface area contributed by atoms with Crippen LogP contribution in [0.5, 0.6) is 0 Å². The van der Waals surface area contributed by atoms with Gasteiger partial charge in [0, 0.05) is 44.1 Å². The van der Waals surface area contributed by atoms with Gasteiger partial charge >= 0.3 is 6.09 Å². The molecule has 9 nitrogen and oxygen atoms in total. The molecule has 2 amide bonds. The summed E-state index contributed by atoms with van der Waals surface area (Å²) < 4.78 is 15.5. The molecular weight excluding hydrogens is 501 g/mol. The zero-order chi connectivity index (χ0) is 28.4. The summed E-state index contributed by atoms with van der Waals surface area (Å²) in [5, 5.41) is 23.8. The molecule has 0 aliphatic carbocycles. The van der Waals surface area contributed by atoms with Gasteiger partial charge in [-0.3, -0.25) is 9.79 Å². The Morgan fingerprint density at radius 3 is 2.69 bits per heavy atom. The van der Waals surface area contributed by atoms with Crippen molar-refractivity contribution in [3.8, 4) is 11.1 Å². The first-order valence-electron chi connectivity index (χ1n) is 13.6. The van der Waals surface area contributed by atoms with E-state index in [1.54, 1.807) is 17.0 Å². The van der Waals surface area contributed by atoms with Gasteiger partial charge in [0.15, 0.2) is 5.96 Å². The van der Waals surface area contributed by atoms with Gasteiger partial charge in [-0.05, 0) is 61.3 Å². The van der Waals surface area contributed by atoms with Crippen molar-refractivity contribution in [1.82, 2.24) is 10.2 Å². The zero-order valence-corrected chi connectivity index (χ0v) is 22.5. The Kier molecular flexibility index (Phi) is 10.7. The van der Waals surface area contributed by atoms with E-state index in [0.29, 0.717) is 62.0 Å². The number of nitrogens with one attached hydrogen (secondary N) is 1. The normalized spacial score (nSPS) is 16.8. The van der Waals surface area contributed by atoms with Crippen molar-refractivity contribution in [1.29, 1.82) is 0 Å². The minimum Gasteiger partial charge on any atom is -0.465 e. The van der Waals surface area contributed by atoms with Gasteiger partial charge in [-0.15, -0.1) is 0 Å². The van der Waals surface area contributed by atoms with Crippen molar-refractivity contribution in [2.75, 3.05) is 26.2 Å². The zero-order valence-electron chi connectivity index (χ0n) is 22.5. The van der Waals surface area contributed by atoms with Crippen LogP contribution in [0.25, 0.3) is 11.1 Å². The van der Waals surface area contributed by atoms with Crippen molar-refractivity contribution in [2.45, 2.75) is 57.5 Å². The summed E-state index contributed by atoms with van der Waals surface area (Å²) in [5.74, 6) is -0.868. The summed E-state index contributed by atoms with van der Waals surface area (Å²) in [5.41, 5.74) is 11.7. The van der Waals surface area contributed by atoms with Crippen LogP contribution in [0.4, 0.5) is 9.18 Å². The lowest BCUT2D eigenvalue weighted by molar-refractivity contribution is -0.136. The Morgan fingerprint density at radius 2 is 1.97 bits per heavy atom. The molecule has 7 N–H and O–H groups in total. The van der Waals surface area contributed by atoms with Crippen molar-refractivity contribution in [2.24, 2.45) is 22.4 Å². The summed E-state index contributed by atoms with van der Waals surface area (Å²) in [6, 6.07) is 12.3. The molecule has 39 heavy (non-hydrogen) atoms. The fourth-order valence-electron chi connectivity index (χ4n) is 5.43. The summed E-state index contributed by atoms with van der Waals surface area (Å²) in [4.78, 5) is 29.7. The lowest BCUT2D eigenvalue weighted by Gasteiger charge is -2.43. The number of amides is 2. The van der Waals surface area contributed by atoms with Gasteiger partial charge in [-0.1, -0.05) is 43.3 Å². The fourth-order valence-corrected chi connectivity index (χ4v) is 5.43. The highest BCUT2D eigenvalue weighted by Gasteiger charge is 2.43. The van der Waals surface area contributed by atoms with Gasteiger partial charge in [0.2, 0.25) is 5.91 Å². The number of carboxylic acid groups (broad SMARTS) is 1. The van der Waals surface area contributed by atoms with Crippen LogP contribution in [0, 0.1) is 11.7 Å². The maximum absolute atomic E-state index is 15.5. The van der Waals surface area contributed by atoms with Crippen molar-refractivity contribution >= 4 is 18.0 Å². The highest BCUT2D eigenvalue weighted by Crippen LogP contribution is 2.44. The number of carbonyl (C=O) groups excluding carboxylic acids is 1. The molecule has 10 heteroatoms. The number of aliphatic hydroxyl groups is 1. The molecule has 0 saturated carbocycles. The van der Waals surface area contributed by atoms with Crippen LogP contribution < -0.4 is 16.8 Å². The molecule has 0 radical (unpaired) electrons. The SMILES string of the molecule is CCc1cccc(-c2c(F)cccc2[C@](O)(CCCNC(=O)O)[C@@H]2CCCN(C(=O)CCCN=C(N)N)C2)c1. The molecule has 2 atom stereocenters. The van der Waals surface area contributed by atoms with Gasteiger partial charge in [0.1, 0.15) is 5.82 Å². The lowest BCUT2D eigenvalue weighted by Crippen LogP contribution is -2.48. The number of hydrogen-bond acceptors (Lipinski definition) is 4. The molecule has 1 aliphatic heterocycles. The van der Waals surface area contributed by atoms with Crippen LogP contribution in [-0.4, -0.2) is 59.3 Å². The van der Waals surface area contributed by atoms with E-state index in [4.69, 9.17) is 16.6 Å². The summed E-state index contributed by atoms with van der Waals surface area (Å²) >= 11 is 0. The van der Waals surface area contributed by atoms with Crippen LogP contribution in [0.2, 0.25) is 0 Å². The first kappa shape index (κ1) is 29.9. The molecule has 0 unspecified atom stereocenters. The second kappa shape index (κ2) is 13.9. The largest absolute Gasteiger partial charge is 0.465 e. The first-order valence-corrected chi connectivity index (χ1v) is 13.6. The predicted octanol–water partition coefficient (Wildman–Crippen LogP) is 3.58. The van der Waals surface area contributed by atoms with Gasteiger partial charge in [-0.25, -0.2) is 9.18 Å². The van der Waals surface area contributed by atoms with Gasteiger partial charge in [0.05, 0.1) is 5.60 Å². The average molecular weight is 542 g/mol. The predicted molar refractivity (Wildman–Crippen MR) is 150 cm³/mol. The van der Waals surface area contributed by atoms with Gasteiger partial charge in [-0.2, -0.15) is 0 Å². The van der Waals surface area contributed by atoms with Crippen LogP contribution in [0.1, 0.15) is 56.6 Å². The molecule has 1 aliphatic rings. The Morgan fingerprint density at radius 1 is 1.21 bits per heavy atom. The number of likely N-dealkylation sites (tertiary alicyclic amines) is 1. The second-order valence-electron chi connectivity index (χ2n) is 10.1. The Bertz CT molecular complexity index is 1170. The smallest absolute Gasteiger partial charge is 0.404 e. The van der Waals surface area contributed by atoms with E-state index >= 15 is 4.39 Å². The third-order valence-corrected chi connectivity index (χ3v) is 7.41. The molecule has 0 spiro atoms. The molecule has 212 valence electrons. The van der Waals surface area contributed by atoms with Crippen LogP contribution in [-0.2, 0) is 16.8 Å². The standard InChI is InChI=1S/C29H40FN5O4/c1-2-20-8-3-9-21(18-20)26-23(11-4-12-24(26)30)29(39,14-7-16-34-28(37)38)22-10-6-17-35(19-22)25(36)13-5-15-33-27(31)32/h3-4,8-9,11-12,18,22,34,39H,2,5-7,10,13-17,19H2,1H3,(H,37,38)(H4,31,32,33)/t22-,29+/m1/s1. The molecule has 3 rings (SSSR count). The molecule has 0 bridgehead atoms. The average Bonchev–Trinajstić information content (AvgIpc) is 2.93. The third kappa shape index (κ3) is 7.92. The number of aliphatic imine (C=N–C) groups is 1. The number of rotatable bonds is 12. The summed E-state index contributed by atoms with van der Waals surface area (Å²) in [6.07, 6.45) is 2.30. The quantitative estimate of drug-likeness (QED) is 0.157. The second-order valence-corrected chi connectivity index (χ2v) is 10.1. The molecule has 0 aromatic heterocycles. The monoisotopic (exact) mass is 541 g/mol. The van der Waals surface area contributed by atoms with Crippen LogP contribution in [0.3, 0.4) is 0 Å². The van der Waals surface area contributed by atoms with E-state index in [1.165, 1.54) is 6.07 Å². The van der Waals surface area contributed by atoms with Gasteiger partial charge in [0.25, 0.3) is 0 Å². The highest BCUT2D eigenvalue weighted by molar-refractivity contribution is 5.77.